The molecule has 1 amide bonds. The molecule has 0 aromatic carbocycles. The van der Waals surface area contributed by atoms with Gasteiger partial charge in [0.2, 0.25) is 5.91 Å². The van der Waals surface area contributed by atoms with E-state index in [0.717, 1.165) is 13.1 Å². The van der Waals surface area contributed by atoms with Crippen molar-refractivity contribution >= 4 is 27.3 Å². The largest absolute Gasteiger partial charge is 0.379 e. The maximum absolute atomic E-state index is 12.9. The van der Waals surface area contributed by atoms with Gasteiger partial charge in [0.05, 0.1) is 6.10 Å². The Morgan fingerprint density at radius 2 is 2.08 bits per heavy atom. The number of nitrogens with one attached hydrogen (secondary N) is 1. The molecule has 1 aromatic rings. The van der Waals surface area contributed by atoms with Crippen LogP contribution >= 0.6 is 11.3 Å². The zero-order chi connectivity index (χ0) is 19.0. The summed E-state index contributed by atoms with van der Waals surface area (Å²) in [5.41, 5.74) is 0. The van der Waals surface area contributed by atoms with Crippen LogP contribution in [0.2, 0.25) is 0 Å². The average molecular weight is 404 g/mol. The average Bonchev–Trinajstić information content (AvgIpc) is 3.16. The molecule has 0 radical (unpaired) electrons. The Hall–Kier alpha value is -1.00. The number of sulfonamides is 1. The minimum absolute atomic E-state index is 0.0105. The summed E-state index contributed by atoms with van der Waals surface area (Å²) in [6.45, 7) is 7.88. The summed E-state index contributed by atoms with van der Waals surface area (Å²) in [6, 6.07) is 3.33. The molecular formula is C17H29N3O4S2. The number of thiophene rings is 1. The van der Waals surface area contributed by atoms with Crippen LogP contribution in [0.15, 0.2) is 21.7 Å². The van der Waals surface area contributed by atoms with Gasteiger partial charge in [0.15, 0.2) is 0 Å². The van der Waals surface area contributed by atoms with E-state index in [1.807, 2.05) is 13.8 Å². The SMILES string of the molecule is CC(C)OCCCN(CCC(=O)N1CCNCC1)S(=O)(=O)c1cccs1. The minimum atomic E-state index is -3.57. The summed E-state index contributed by atoms with van der Waals surface area (Å²) in [7, 11) is -3.57. The van der Waals surface area contributed by atoms with Crippen molar-refractivity contribution < 1.29 is 17.9 Å². The molecule has 2 rings (SSSR count). The third-order valence-electron chi connectivity index (χ3n) is 4.14. The molecule has 7 nitrogen and oxygen atoms in total. The summed E-state index contributed by atoms with van der Waals surface area (Å²) in [6.07, 6.45) is 0.923. The van der Waals surface area contributed by atoms with Gasteiger partial charge in [0.25, 0.3) is 10.0 Å². The van der Waals surface area contributed by atoms with Crippen molar-refractivity contribution in [2.75, 3.05) is 45.9 Å². The molecule has 0 spiro atoms. The number of rotatable bonds is 10. The smallest absolute Gasteiger partial charge is 0.252 e. The summed E-state index contributed by atoms with van der Waals surface area (Å²) >= 11 is 1.20. The van der Waals surface area contributed by atoms with Crippen LogP contribution in [0.5, 0.6) is 0 Å². The van der Waals surface area contributed by atoms with Gasteiger partial charge in [0, 0.05) is 52.3 Å². The van der Waals surface area contributed by atoms with Crippen molar-refractivity contribution in [2.24, 2.45) is 0 Å². The highest BCUT2D eigenvalue weighted by Crippen LogP contribution is 2.21. The Balaban J connectivity index is 1.96. The Morgan fingerprint density at radius 3 is 2.69 bits per heavy atom. The number of hydrogen-bond acceptors (Lipinski definition) is 6. The van der Waals surface area contributed by atoms with Crippen molar-refractivity contribution in [2.45, 2.75) is 37.0 Å². The molecule has 0 unspecified atom stereocenters. The van der Waals surface area contributed by atoms with E-state index in [-0.39, 0.29) is 25.0 Å². The number of nitrogens with zero attached hydrogens (tertiary/aromatic N) is 2. The molecule has 1 N–H and O–H groups in total. The highest BCUT2D eigenvalue weighted by molar-refractivity contribution is 7.91. The van der Waals surface area contributed by atoms with Gasteiger partial charge in [-0.2, -0.15) is 4.31 Å². The molecule has 1 aromatic heterocycles. The first-order chi connectivity index (χ1) is 12.4. The molecule has 2 heterocycles. The number of carbonyl (C=O) groups excluding carboxylic acids is 1. The lowest BCUT2D eigenvalue weighted by atomic mass is 10.3. The molecule has 0 saturated carbocycles. The molecule has 1 aliphatic heterocycles. The molecule has 0 aliphatic carbocycles. The van der Waals surface area contributed by atoms with E-state index in [4.69, 9.17) is 4.74 Å². The highest BCUT2D eigenvalue weighted by Gasteiger charge is 2.26. The molecule has 0 atom stereocenters. The van der Waals surface area contributed by atoms with Crippen LogP contribution in [-0.2, 0) is 19.6 Å². The Morgan fingerprint density at radius 1 is 1.35 bits per heavy atom. The van der Waals surface area contributed by atoms with E-state index in [2.05, 4.69) is 5.32 Å². The zero-order valence-corrected chi connectivity index (χ0v) is 17.2. The summed E-state index contributed by atoms with van der Waals surface area (Å²) < 4.78 is 33.0. The summed E-state index contributed by atoms with van der Waals surface area (Å²) in [5, 5.41) is 4.96. The first-order valence-corrected chi connectivity index (χ1v) is 11.4. The maximum Gasteiger partial charge on any atom is 0.252 e. The first kappa shape index (κ1) is 21.3. The van der Waals surface area contributed by atoms with E-state index in [1.54, 1.807) is 22.4 Å². The van der Waals surface area contributed by atoms with Crippen molar-refractivity contribution in [1.29, 1.82) is 0 Å². The third-order valence-corrected chi connectivity index (χ3v) is 7.41. The predicted molar refractivity (Wildman–Crippen MR) is 103 cm³/mol. The fraction of sp³-hybridized carbons (Fsp3) is 0.706. The van der Waals surface area contributed by atoms with Crippen LogP contribution < -0.4 is 5.32 Å². The van der Waals surface area contributed by atoms with Gasteiger partial charge < -0.3 is 15.0 Å². The molecule has 1 fully saturated rings. The minimum Gasteiger partial charge on any atom is -0.379 e. The van der Waals surface area contributed by atoms with Crippen molar-refractivity contribution in [3.63, 3.8) is 0 Å². The number of amides is 1. The van der Waals surface area contributed by atoms with Crippen LogP contribution in [0, 0.1) is 0 Å². The molecule has 1 aliphatic rings. The van der Waals surface area contributed by atoms with Gasteiger partial charge in [-0.3, -0.25) is 4.79 Å². The number of piperazine rings is 1. The fourth-order valence-electron chi connectivity index (χ4n) is 2.74. The molecule has 148 valence electrons. The normalized spacial score (nSPS) is 15.8. The quantitative estimate of drug-likeness (QED) is 0.597. The number of hydrogen-bond donors (Lipinski definition) is 1. The van der Waals surface area contributed by atoms with Crippen molar-refractivity contribution in [3.8, 4) is 0 Å². The summed E-state index contributed by atoms with van der Waals surface area (Å²) in [5.74, 6) is 0.0105. The first-order valence-electron chi connectivity index (χ1n) is 9.05. The van der Waals surface area contributed by atoms with Gasteiger partial charge in [-0.25, -0.2) is 8.42 Å². The third kappa shape index (κ3) is 6.31. The van der Waals surface area contributed by atoms with Crippen LogP contribution in [-0.4, -0.2) is 75.5 Å². The second kappa shape index (κ2) is 10.4. The standard InChI is InChI=1S/C17H29N3O4S2/c1-15(2)24-13-4-9-20(26(22,23)17-5-3-14-25-17)10-6-16(21)19-11-7-18-8-12-19/h3,5,14-15,18H,4,6-13H2,1-2H3. The molecule has 1 saturated heterocycles. The van der Waals surface area contributed by atoms with E-state index >= 15 is 0 Å². The van der Waals surface area contributed by atoms with Crippen LogP contribution in [0.3, 0.4) is 0 Å². The Bertz CT molecular complexity index is 641. The van der Waals surface area contributed by atoms with Crippen LogP contribution in [0.25, 0.3) is 0 Å². The fourth-order valence-corrected chi connectivity index (χ4v) is 5.37. The predicted octanol–water partition coefficient (Wildman–Crippen LogP) is 1.38. The lowest BCUT2D eigenvalue weighted by Gasteiger charge is -2.28. The second-order valence-electron chi connectivity index (χ2n) is 6.49. The van der Waals surface area contributed by atoms with Gasteiger partial charge in [-0.05, 0) is 31.7 Å². The van der Waals surface area contributed by atoms with Gasteiger partial charge >= 0.3 is 0 Å². The molecule has 26 heavy (non-hydrogen) atoms. The van der Waals surface area contributed by atoms with E-state index in [0.29, 0.717) is 36.9 Å². The Kier molecular flexibility index (Phi) is 8.49. The van der Waals surface area contributed by atoms with E-state index in [1.165, 1.54) is 15.6 Å². The lowest BCUT2D eigenvalue weighted by molar-refractivity contribution is -0.131. The van der Waals surface area contributed by atoms with Gasteiger partial charge in [-0.15, -0.1) is 11.3 Å². The van der Waals surface area contributed by atoms with E-state index in [9.17, 15) is 13.2 Å². The number of carbonyl (C=O) groups is 1. The summed E-state index contributed by atoms with van der Waals surface area (Å²) in [4.78, 5) is 14.2. The number of ether oxygens (including phenoxy) is 1. The monoisotopic (exact) mass is 403 g/mol. The Labute approximate surface area is 160 Å². The van der Waals surface area contributed by atoms with Gasteiger partial charge in [-0.1, -0.05) is 6.07 Å². The van der Waals surface area contributed by atoms with E-state index < -0.39 is 10.0 Å². The molecule has 9 heteroatoms. The van der Waals surface area contributed by atoms with Gasteiger partial charge in [0.1, 0.15) is 4.21 Å². The second-order valence-corrected chi connectivity index (χ2v) is 9.60. The maximum atomic E-state index is 12.9. The molecular weight excluding hydrogens is 374 g/mol. The van der Waals surface area contributed by atoms with Crippen LogP contribution in [0.1, 0.15) is 26.7 Å². The van der Waals surface area contributed by atoms with Crippen molar-refractivity contribution in [3.05, 3.63) is 17.5 Å². The van der Waals surface area contributed by atoms with Crippen molar-refractivity contribution in [1.82, 2.24) is 14.5 Å². The lowest BCUT2D eigenvalue weighted by Crippen LogP contribution is -2.47. The highest BCUT2D eigenvalue weighted by atomic mass is 32.2. The topological polar surface area (TPSA) is 79.0 Å². The van der Waals surface area contributed by atoms with Crippen LogP contribution in [0.4, 0.5) is 0 Å². The molecule has 0 bridgehead atoms. The zero-order valence-electron chi connectivity index (χ0n) is 15.5.